The molecule has 8 heteroatoms. The zero-order chi connectivity index (χ0) is 18.1. The van der Waals surface area contributed by atoms with Crippen molar-refractivity contribution in [2.45, 2.75) is 27.4 Å². The lowest BCUT2D eigenvalue weighted by Crippen LogP contribution is -2.24. The first-order chi connectivity index (χ1) is 11.4. The van der Waals surface area contributed by atoms with Gasteiger partial charge in [0.05, 0.1) is 11.4 Å². The van der Waals surface area contributed by atoms with Crippen LogP contribution >= 0.6 is 12.2 Å². The number of nitrogens with two attached hydrogens (primary N) is 1. The number of aryl methyl sites for hydroxylation is 1. The summed E-state index contributed by atoms with van der Waals surface area (Å²) in [5.74, 6) is 0. The van der Waals surface area contributed by atoms with Gasteiger partial charge in [-0.05, 0) is 26.3 Å². The number of benzene rings is 1. The molecule has 0 aliphatic carbocycles. The zero-order valence-electron chi connectivity index (χ0n) is 14.1. The van der Waals surface area contributed by atoms with Gasteiger partial charge in [0, 0.05) is 11.1 Å². The van der Waals surface area contributed by atoms with E-state index in [1.54, 1.807) is 13.8 Å². The maximum Gasteiger partial charge on any atom is 0.233 e. The van der Waals surface area contributed by atoms with Crippen molar-refractivity contribution in [3.8, 4) is 0 Å². The SMILES string of the molecule is CO/N=C(\C(N)=S)c1cccc(C)c1CO/N=C(/C)C(C)=NC=O. The van der Waals surface area contributed by atoms with Crippen LogP contribution in [0.5, 0.6) is 0 Å². The Balaban J connectivity index is 3.11. The van der Waals surface area contributed by atoms with E-state index < -0.39 is 0 Å². The quantitative estimate of drug-likeness (QED) is 0.336. The number of hydrogen-bond acceptors (Lipinski definition) is 6. The largest absolute Gasteiger partial charge is 0.399 e. The molecule has 0 saturated carbocycles. The number of oxime groups is 2. The average Bonchev–Trinajstić information content (AvgIpc) is 2.54. The van der Waals surface area contributed by atoms with Gasteiger partial charge in [0.25, 0.3) is 0 Å². The maximum absolute atomic E-state index is 10.4. The predicted octanol–water partition coefficient (Wildman–Crippen LogP) is 2.14. The molecule has 7 nitrogen and oxygen atoms in total. The van der Waals surface area contributed by atoms with E-state index >= 15 is 0 Å². The van der Waals surface area contributed by atoms with Gasteiger partial charge in [0.15, 0.2) is 0 Å². The van der Waals surface area contributed by atoms with Gasteiger partial charge in [-0.1, -0.05) is 40.7 Å². The molecule has 0 fully saturated rings. The predicted molar refractivity (Wildman–Crippen MR) is 98.6 cm³/mol. The van der Waals surface area contributed by atoms with E-state index in [4.69, 9.17) is 27.6 Å². The molecule has 0 aromatic heterocycles. The molecule has 1 amide bonds. The van der Waals surface area contributed by atoms with Gasteiger partial charge in [-0.3, -0.25) is 4.79 Å². The first-order valence-electron chi connectivity index (χ1n) is 7.07. The number of carbonyl (C=O) groups excluding carboxylic acids is 1. The van der Waals surface area contributed by atoms with Gasteiger partial charge in [0.1, 0.15) is 24.4 Å². The normalized spacial score (nSPS) is 12.8. The van der Waals surface area contributed by atoms with Crippen LogP contribution in [0.15, 0.2) is 33.5 Å². The Morgan fingerprint density at radius 3 is 2.58 bits per heavy atom. The van der Waals surface area contributed by atoms with Gasteiger partial charge < -0.3 is 15.4 Å². The average molecular weight is 348 g/mol. The van der Waals surface area contributed by atoms with Gasteiger partial charge in [-0.2, -0.15) is 0 Å². The summed E-state index contributed by atoms with van der Waals surface area (Å²) in [7, 11) is 1.42. The van der Waals surface area contributed by atoms with Crippen molar-refractivity contribution in [2.75, 3.05) is 7.11 Å². The summed E-state index contributed by atoms with van der Waals surface area (Å²) in [6.45, 7) is 5.49. The maximum atomic E-state index is 10.4. The summed E-state index contributed by atoms with van der Waals surface area (Å²) in [5.41, 5.74) is 9.62. The number of carbonyl (C=O) groups is 1. The Labute approximate surface area is 146 Å². The highest BCUT2D eigenvalue weighted by atomic mass is 32.1. The Morgan fingerprint density at radius 2 is 2.00 bits per heavy atom. The highest BCUT2D eigenvalue weighted by Gasteiger charge is 2.15. The number of rotatable bonds is 8. The van der Waals surface area contributed by atoms with Crippen LogP contribution in [0.25, 0.3) is 0 Å². The van der Waals surface area contributed by atoms with Crippen molar-refractivity contribution in [2.24, 2.45) is 21.0 Å². The second-order valence-corrected chi connectivity index (χ2v) is 5.30. The second-order valence-electron chi connectivity index (χ2n) is 4.86. The monoisotopic (exact) mass is 348 g/mol. The van der Waals surface area contributed by atoms with Crippen molar-refractivity contribution in [3.63, 3.8) is 0 Å². The van der Waals surface area contributed by atoms with Gasteiger partial charge in [0.2, 0.25) is 6.41 Å². The van der Waals surface area contributed by atoms with Crippen molar-refractivity contribution in [3.05, 3.63) is 34.9 Å². The summed E-state index contributed by atoms with van der Waals surface area (Å²) in [5, 5.41) is 7.85. The molecule has 24 heavy (non-hydrogen) atoms. The van der Waals surface area contributed by atoms with Crippen molar-refractivity contribution in [1.82, 2.24) is 0 Å². The van der Waals surface area contributed by atoms with Crippen molar-refractivity contribution < 1.29 is 14.5 Å². The van der Waals surface area contributed by atoms with Crippen LogP contribution in [-0.2, 0) is 21.1 Å². The van der Waals surface area contributed by atoms with E-state index in [2.05, 4.69) is 15.3 Å². The van der Waals surface area contributed by atoms with Crippen LogP contribution in [0.1, 0.15) is 30.5 Å². The van der Waals surface area contributed by atoms with Crippen LogP contribution in [0.4, 0.5) is 0 Å². The molecule has 1 aromatic rings. The van der Waals surface area contributed by atoms with Crippen LogP contribution in [0, 0.1) is 6.92 Å². The Bertz CT molecular complexity index is 711. The van der Waals surface area contributed by atoms with E-state index in [-0.39, 0.29) is 11.6 Å². The lowest BCUT2D eigenvalue weighted by molar-refractivity contribution is -0.106. The lowest BCUT2D eigenvalue weighted by Gasteiger charge is -2.13. The summed E-state index contributed by atoms with van der Waals surface area (Å²) in [6.07, 6.45) is 0.462. The van der Waals surface area contributed by atoms with Gasteiger partial charge in [-0.15, -0.1) is 0 Å². The topological polar surface area (TPSA) is 98.6 Å². The van der Waals surface area contributed by atoms with E-state index in [9.17, 15) is 4.79 Å². The minimum Gasteiger partial charge on any atom is -0.399 e. The Hall–Kier alpha value is -2.61. The highest BCUT2D eigenvalue weighted by molar-refractivity contribution is 7.82. The number of amides is 1. The molecular weight excluding hydrogens is 328 g/mol. The fraction of sp³-hybridized carbons (Fsp3) is 0.312. The minimum absolute atomic E-state index is 0.123. The van der Waals surface area contributed by atoms with E-state index in [0.717, 1.165) is 16.7 Å². The highest BCUT2D eigenvalue weighted by Crippen LogP contribution is 2.17. The smallest absolute Gasteiger partial charge is 0.233 e. The summed E-state index contributed by atoms with van der Waals surface area (Å²) < 4.78 is 0. The van der Waals surface area contributed by atoms with Gasteiger partial charge in [-0.25, -0.2) is 4.99 Å². The first kappa shape index (κ1) is 19.4. The van der Waals surface area contributed by atoms with Crippen LogP contribution < -0.4 is 5.73 Å². The van der Waals surface area contributed by atoms with E-state index in [0.29, 0.717) is 23.5 Å². The lowest BCUT2D eigenvalue weighted by atomic mass is 9.99. The number of nitrogens with zero attached hydrogens (tertiary/aromatic N) is 3. The molecule has 0 spiro atoms. The molecule has 2 N–H and O–H groups in total. The summed E-state index contributed by atoms with van der Waals surface area (Å²) in [4.78, 5) is 24.3. The van der Waals surface area contributed by atoms with Crippen LogP contribution in [-0.4, -0.2) is 35.6 Å². The molecule has 0 aliphatic heterocycles. The van der Waals surface area contributed by atoms with E-state index in [1.807, 2.05) is 25.1 Å². The third-order valence-electron chi connectivity index (χ3n) is 3.26. The second kappa shape index (κ2) is 9.51. The van der Waals surface area contributed by atoms with Crippen LogP contribution in [0.2, 0.25) is 0 Å². The molecule has 1 aromatic carbocycles. The Morgan fingerprint density at radius 1 is 1.29 bits per heavy atom. The van der Waals surface area contributed by atoms with Gasteiger partial charge >= 0.3 is 0 Å². The molecule has 0 unspecified atom stereocenters. The molecule has 0 aliphatic rings. The minimum atomic E-state index is 0.123. The fourth-order valence-electron chi connectivity index (χ4n) is 1.87. The molecule has 0 radical (unpaired) electrons. The zero-order valence-corrected chi connectivity index (χ0v) is 14.9. The molecule has 0 bridgehead atoms. The number of thiocarbonyl (C=S) groups is 1. The number of hydrogen-bond donors (Lipinski definition) is 1. The third-order valence-corrected chi connectivity index (χ3v) is 3.46. The van der Waals surface area contributed by atoms with E-state index in [1.165, 1.54) is 7.11 Å². The molecule has 128 valence electrons. The summed E-state index contributed by atoms with van der Waals surface area (Å²) in [6, 6.07) is 5.63. The fourth-order valence-corrected chi connectivity index (χ4v) is 2.01. The molecule has 1 rings (SSSR count). The molecule has 0 atom stereocenters. The standard InChI is InChI=1S/C16H20N4O3S/c1-10-6-5-7-13(15(16(17)24)20-22-4)14(10)8-23-19-12(3)11(2)18-9-21/h5-7,9H,8H2,1-4H3,(H2,17,24)/b18-11?,19-12-,20-15-. The van der Waals surface area contributed by atoms with Crippen molar-refractivity contribution in [1.29, 1.82) is 0 Å². The summed E-state index contributed by atoms with van der Waals surface area (Å²) >= 11 is 5.03. The number of aliphatic imine (C=N–C) groups is 1. The Kier molecular flexibility index (Phi) is 7.70. The van der Waals surface area contributed by atoms with Crippen LogP contribution in [0.3, 0.4) is 0 Å². The van der Waals surface area contributed by atoms with Crippen molar-refractivity contribution >= 4 is 40.8 Å². The molecule has 0 saturated heterocycles. The third kappa shape index (κ3) is 5.24. The molecular formula is C16H20N4O3S. The first-order valence-corrected chi connectivity index (χ1v) is 7.48. The molecule has 0 heterocycles.